The minimum atomic E-state index is -0.763. The summed E-state index contributed by atoms with van der Waals surface area (Å²) in [5.41, 5.74) is 0. The van der Waals surface area contributed by atoms with Crippen LogP contribution >= 0.6 is 15.9 Å². The van der Waals surface area contributed by atoms with E-state index < -0.39 is 12.1 Å². The van der Waals surface area contributed by atoms with Crippen LogP contribution in [0.5, 0.6) is 5.75 Å². The van der Waals surface area contributed by atoms with Crippen LogP contribution in [0.3, 0.4) is 0 Å². The second-order valence-corrected chi connectivity index (χ2v) is 6.29. The Morgan fingerprint density at radius 2 is 1.91 bits per heavy atom. The van der Waals surface area contributed by atoms with Crippen molar-refractivity contribution in [3.8, 4) is 5.75 Å². The molecule has 6 heteroatoms. The number of halogens is 1. The Kier molecular flexibility index (Phi) is 6.24. The van der Waals surface area contributed by atoms with Crippen molar-refractivity contribution >= 4 is 27.8 Å². The molecule has 1 aromatic carbocycles. The molecule has 1 atom stereocenters. The highest BCUT2D eigenvalue weighted by molar-refractivity contribution is 9.10. The molecule has 2 rings (SSSR count). The van der Waals surface area contributed by atoms with Gasteiger partial charge in [0.2, 0.25) is 0 Å². The summed E-state index contributed by atoms with van der Waals surface area (Å²) in [6.45, 7) is 1.34. The number of esters is 1. The Hall–Kier alpha value is -1.56. The van der Waals surface area contributed by atoms with Gasteiger partial charge in [0.25, 0.3) is 5.91 Å². The Bertz CT molecular complexity index is 511. The van der Waals surface area contributed by atoms with E-state index in [2.05, 4.69) is 21.2 Å². The van der Waals surface area contributed by atoms with Gasteiger partial charge in [0, 0.05) is 10.5 Å². The summed E-state index contributed by atoms with van der Waals surface area (Å²) in [6.07, 6.45) is 3.53. The van der Waals surface area contributed by atoms with Crippen molar-refractivity contribution in [2.75, 3.05) is 6.61 Å². The Morgan fingerprint density at radius 1 is 1.27 bits per heavy atom. The van der Waals surface area contributed by atoms with Gasteiger partial charge in [0.1, 0.15) is 5.75 Å². The number of amides is 1. The molecule has 1 aliphatic carbocycles. The molecule has 0 aromatic heterocycles. The van der Waals surface area contributed by atoms with Crippen LogP contribution in [-0.4, -0.2) is 30.6 Å². The van der Waals surface area contributed by atoms with E-state index in [1.807, 2.05) is 12.1 Å². The molecule has 22 heavy (non-hydrogen) atoms. The van der Waals surface area contributed by atoms with Crippen molar-refractivity contribution in [3.05, 3.63) is 28.7 Å². The fraction of sp³-hybridized carbons (Fsp3) is 0.500. The summed E-state index contributed by atoms with van der Waals surface area (Å²) in [5, 5.41) is 2.87. The molecule has 0 saturated heterocycles. The highest BCUT2D eigenvalue weighted by Crippen LogP contribution is 2.18. The van der Waals surface area contributed by atoms with Crippen LogP contribution in [0.15, 0.2) is 28.7 Å². The summed E-state index contributed by atoms with van der Waals surface area (Å²) in [7, 11) is 0. The molecule has 1 aromatic rings. The lowest BCUT2D eigenvalue weighted by Crippen LogP contribution is -2.37. The summed E-state index contributed by atoms with van der Waals surface area (Å²) in [4.78, 5) is 23.5. The smallest absolute Gasteiger partial charge is 0.347 e. The number of benzene rings is 1. The predicted molar refractivity (Wildman–Crippen MR) is 85.6 cm³/mol. The zero-order valence-electron chi connectivity index (χ0n) is 12.5. The molecule has 120 valence electrons. The number of hydrogen-bond acceptors (Lipinski definition) is 4. The van der Waals surface area contributed by atoms with Crippen LogP contribution in [0.4, 0.5) is 0 Å². The summed E-state index contributed by atoms with van der Waals surface area (Å²) in [5.74, 6) is -0.233. The van der Waals surface area contributed by atoms with E-state index in [9.17, 15) is 9.59 Å². The van der Waals surface area contributed by atoms with Crippen LogP contribution in [0, 0.1) is 0 Å². The van der Waals surface area contributed by atoms with Crippen molar-refractivity contribution < 1.29 is 19.1 Å². The standard InChI is InChI=1S/C16H20BrNO4/c1-11(22-14-8-6-12(17)7-9-14)16(20)21-10-15(19)18-13-4-2-3-5-13/h6-9,11,13H,2-5,10H2,1H3,(H,18,19)/t11-/m0/s1. The second kappa shape index (κ2) is 8.17. The quantitative estimate of drug-likeness (QED) is 0.783. The molecule has 5 nitrogen and oxygen atoms in total. The van der Waals surface area contributed by atoms with Gasteiger partial charge in [-0.1, -0.05) is 28.8 Å². The molecule has 0 heterocycles. The number of hydrogen-bond donors (Lipinski definition) is 1. The molecular formula is C16H20BrNO4. The predicted octanol–water partition coefficient (Wildman–Crippen LogP) is 2.82. The van der Waals surface area contributed by atoms with Crippen LogP contribution < -0.4 is 10.1 Å². The maximum Gasteiger partial charge on any atom is 0.347 e. The SMILES string of the molecule is C[C@H](Oc1ccc(Br)cc1)C(=O)OCC(=O)NC1CCCC1. The van der Waals surface area contributed by atoms with Gasteiger partial charge in [-0.2, -0.15) is 0 Å². The largest absolute Gasteiger partial charge is 0.479 e. The maximum atomic E-state index is 11.8. The molecule has 1 saturated carbocycles. The molecule has 0 aliphatic heterocycles. The van der Waals surface area contributed by atoms with Crippen molar-refractivity contribution in [2.24, 2.45) is 0 Å². The summed E-state index contributed by atoms with van der Waals surface area (Å²) >= 11 is 3.33. The minimum absolute atomic E-state index is 0.225. The van der Waals surface area contributed by atoms with E-state index in [1.54, 1.807) is 19.1 Å². The van der Waals surface area contributed by atoms with Crippen LogP contribution in [0.2, 0.25) is 0 Å². The molecule has 0 radical (unpaired) electrons. The Labute approximate surface area is 138 Å². The highest BCUT2D eigenvalue weighted by Gasteiger charge is 2.20. The normalized spacial score (nSPS) is 16.1. The summed E-state index contributed by atoms with van der Waals surface area (Å²) < 4.78 is 11.4. The van der Waals surface area contributed by atoms with Gasteiger partial charge in [-0.05, 0) is 44.0 Å². The maximum absolute atomic E-state index is 11.8. The lowest BCUT2D eigenvalue weighted by atomic mass is 10.2. The molecular weight excluding hydrogens is 350 g/mol. The van der Waals surface area contributed by atoms with Crippen molar-refractivity contribution in [1.29, 1.82) is 0 Å². The first-order valence-electron chi connectivity index (χ1n) is 7.43. The van der Waals surface area contributed by atoms with Gasteiger partial charge >= 0.3 is 5.97 Å². The third-order valence-corrected chi connectivity index (χ3v) is 4.05. The van der Waals surface area contributed by atoms with Crippen molar-refractivity contribution in [2.45, 2.75) is 44.8 Å². The zero-order valence-corrected chi connectivity index (χ0v) is 14.1. The topological polar surface area (TPSA) is 64.6 Å². The van der Waals surface area contributed by atoms with E-state index in [0.29, 0.717) is 5.75 Å². The number of rotatable bonds is 6. The molecule has 1 aliphatic rings. The molecule has 1 amide bonds. The van der Waals surface area contributed by atoms with Gasteiger partial charge in [0.15, 0.2) is 12.7 Å². The lowest BCUT2D eigenvalue weighted by molar-refractivity contribution is -0.154. The minimum Gasteiger partial charge on any atom is -0.479 e. The zero-order chi connectivity index (χ0) is 15.9. The van der Waals surface area contributed by atoms with Gasteiger partial charge in [-0.15, -0.1) is 0 Å². The molecule has 0 bridgehead atoms. The Morgan fingerprint density at radius 3 is 2.55 bits per heavy atom. The highest BCUT2D eigenvalue weighted by atomic mass is 79.9. The van der Waals surface area contributed by atoms with Gasteiger partial charge < -0.3 is 14.8 Å². The Balaban J connectivity index is 1.71. The summed E-state index contributed by atoms with van der Waals surface area (Å²) in [6, 6.07) is 7.37. The first kappa shape index (κ1) is 16.8. The first-order valence-corrected chi connectivity index (χ1v) is 8.22. The third-order valence-electron chi connectivity index (χ3n) is 3.52. The van der Waals surface area contributed by atoms with Crippen LogP contribution in [0.25, 0.3) is 0 Å². The number of carbonyl (C=O) groups is 2. The van der Waals surface area contributed by atoms with Crippen LogP contribution in [-0.2, 0) is 14.3 Å². The number of nitrogens with one attached hydrogen (secondary N) is 1. The lowest BCUT2D eigenvalue weighted by Gasteiger charge is -2.15. The van der Waals surface area contributed by atoms with Gasteiger partial charge in [0.05, 0.1) is 0 Å². The van der Waals surface area contributed by atoms with Crippen molar-refractivity contribution in [3.63, 3.8) is 0 Å². The molecule has 1 N–H and O–H groups in total. The first-order chi connectivity index (χ1) is 10.5. The second-order valence-electron chi connectivity index (χ2n) is 5.37. The van der Waals surface area contributed by atoms with E-state index in [1.165, 1.54) is 0 Å². The monoisotopic (exact) mass is 369 g/mol. The number of carbonyl (C=O) groups excluding carboxylic acids is 2. The average molecular weight is 370 g/mol. The van der Waals surface area contributed by atoms with E-state index in [-0.39, 0.29) is 18.6 Å². The van der Waals surface area contributed by atoms with Crippen LogP contribution in [0.1, 0.15) is 32.6 Å². The van der Waals surface area contributed by atoms with Gasteiger partial charge in [-0.25, -0.2) is 4.79 Å². The molecule has 1 fully saturated rings. The fourth-order valence-corrected chi connectivity index (χ4v) is 2.62. The van der Waals surface area contributed by atoms with E-state index in [0.717, 1.165) is 30.2 Å². The third kappa shape index (κ3) is 5.33. The molecule has 0 unspecified atom stereocenters. The number of ether oxygens (including phenoxy) is 2. The average Bonchev–Trinajstić information content (AvgIpc) is 3.00. The van der Waals surface area contributed by atoms with Gasteiger partial charge in [-0.3, -0.25) is 4.79 Å². The van der Waals surface area contributed by atoms with E-state index in [4.69, 9.17) is 9.47 Å². The van der Waals surface area contributed by atoms with Crippen molar-refractivity contribution in [1.82, 2.24) is 5.32 Å². The van der Waals surface area contributed by atoms with E-state index >= 15 is 0 Å². The fourth-order valence-electron chi connectivity index (χ4n) is 2.36. The molecule has 0 spiro atoms.